The van der Waals surface area contributed by atoms with Gasteiger partial charge in [0, 0.05) is 11.5 Å². The molecule has 0 bridgehead atoms. The number of carbonyl (C=O) groups is 1. The summed E-state index contributed by atoms with van der Waals surface area (Å²) in [6.07, 6.45) is 7.78. The van der Waals surface area contributed by atoms with Crippen molar-refractivity contribution in [2.75, 3.05) is 13.2 Å². The topological polar surface area (TPSA) is 78.6 Å². The third kappa shape index (κ3) is 7.17. The van der Waals surface area contributed by atoms with Crippen molar-refractivity contribution < 1.29 is 18.7 Å². The van der Waals surface area contributed by atoms with E-state index in [1.54, 1.807) is 6.20 Å². The van der Waals surface area contributed by atoms with Gasteiger partial charge in [-0.2, -0.15) is 0 Å². The molecular formula is C27H33NO5. The summed E-state index contributed by atoms with van der Waals surface area (Å²) in [4.78, 5) is 28.1. The van der Waals surface area contributed by atoms with Crippen molar-refractivity contribution in [2.45, 2.75) is 59.3 Å². The van der Waals surface area contributed by atoms with Gasteiger partial charge in [0.05, 0.1) is 30.9 Å². The number of carbonyl (C=O) groups excluding carboxylic acids is 1. The minimum atomic E-state index is -0.370. The molecule has 176 valence electrons. The molecule has 0 saturated heterocycles. The van der Waals surface area contributed by atoms with E-state index in [2.05, 4.69) is 4.98 Å². The molecule has 0 aliphatic carbocycles. The quantitative estimate of drug-likeness (QED) is 0.245. The van der Waals surface area contributed by atoms with Crippen LogP contribution in [-0.2, 0) is 9.53 Å². The number of hydrogen-bond acceptors (Lipinski definition) is 6. The van der Waals surface area contributed by atoms with Gasteiger partial charge in [-0.25, -0.2) is 9.78 Å². The molecule has 0 fully saturated rings. The number of ether oxygens (including phenoxy) is 2. The van der Waals surface area contributed by atoms with Gasteiger partial charge < -0.3 is 13.9 Å². The van der Waals surface area contributed by atoms with Crippen LogP contribution in [0.3, 0.4) is 0 Å². The van der Waals surface area contributed by atoms with Crippen LogP contribution in [0, 0.1) is 12.8 Å². The van der Waals surface area contributed by atoms with E-state index in [0.29, 0.717) is 30.2 Å². The van der Waals surface area contributed by atoms with Crippen molar-refractivity contribution in [3.63, 3.8) is 0 Å². The summed E-state index contributed by atoms with van der Waals surface area (Å²) >= 11 is 0. The Morgan fingerprint density at radius 1 is 0.970 bits per heavy atom. The van der Waals surface area contributed by atoms with E-state index < -0.39 is 0 Å². The summed E-state index contributed by atoms with van der Waals surface area (Å²) < 4.78 is 16.5. The van der Waals surface area contributed by atoms with Gasteiger partial charge >= 0.3 is 11.6 Å². The molecule has 0 aliphatic heterocycles. The Bertz CT molecular complexity index is 1120. The maximum atomic E-state index is 12.4. The van der Waals surface area contributed by atoms with Crippen molar-refractivity contribution in [1.82, 2.24) is 4.98 Å². The molecule has 3 aromatic rings. The van der Waals surface area contributed by atoms with Crippen LogP contribution in [0.1, 0.15) is 57.9 Å². The Hall–Kier alpha value is -3.15. The van der Waals surface area contributed by atoms with Gasteiger partial charge in [-0.15, -0.1) is 0 Å². The zero-order valence-corrected chi connectivity index (χ0v) is 19.8. The molecule has 0 spiro atoms. The highest BCUT2D eigenvalue weighted by molar-refractivity contribution is 5.82. The summed E-state index contributed by atoms with van der Waals surface area (Å²) in [7, 11) is 0. The number of aromatic nitrogens is 1. The third-order valence-corrected chi connectivity index (χ3v) is 5.53. The summed E-state index contributed by atoms with van der Waals surface area (Å²) in [5.41, 5.74) is 2.50. The summed E-state index contributed by atoms with van der Waals surface area (Å²) in [6, 6.07) is 11.4. The van der Waals surface area contributed by atoms with Gasteiger partial charge in [0.2, 0.25) is 5.88 Å². The molecule has 0 N–H and O–H groups in total. The van der Waals surface area contributed by atoms with Crippen LogP contribution in [0.15, 0.2) is 51.8 Å². The lowest BCUT2D eigenvalue weighted by Gasteiger charge is -2.08. The van der Waals surface area contributed by atoms with E-state index in [0.717, 1.165) is 55.0 Å². The maximum absolute atomic E-state index is 12.4. The van der Waals surface area contributed by atoms with Crippen LogP contribution in [0.5, 0.6) is 5.88 Å². The fourth-order valence-corrected chi connectivity index (χ4v) is 3.57. The molecule has 0 amide bonds. The minimum Gasteiger partial charge on any atom is -0.478 e. The Kier molecular flexibility index (Phi) is 9.04. The van der Waals surface area contributed by atoms with Crippen molar-refractivity contribution in [3.8, 4) is 17.0 Å². The van der Waals surface area contributed by atoms with Crippen molar-refractivity contribution in [2.24, 2.45) is 5.92 Å². The molecule has 33 heavy (non-hydrogen) atoms. The zero-order chi connectivity index (χ0) is 23.6. The molecule has 1 aromatic carbocycles. The largest absolute Gasteiger partial charge is 0.478 e. The maximum Gasteiger partial charge on any atom is 0.344 e. The number of pyridine rings is 1. The summed E-state index contributed by atoms with van der Waals surface area (Å²) in [5.74, 6) is 0.345. The Labute approximate surface area is 194 Å². The number of hydrogen-bond donors (Lipinski definition) is 0. The van der Waals surface area contributed by atoms with Gasteiger partial charge in [0.1, 0.15) is 0 Å². The molecule has 0 saturated carbocycles. The van der Waals surface area contributed by atoms with Crippen molar-refractivity contribution in [1.29, 1.82) is 0 Å². The van der Waals surface area contributed by atoms with Gasteiger partial charge in [-0.05, 0) is 37.0 Å². The second-order valence-electron chi connectivity index (χ2n) is 8.61. The predicted molar refractivity (Wildman–Crippen MR) is 129 cm³/mol. The highest BCUT2D eigenvalue weighted by atomic mass is 16.5. The first kappa shape index (κ1) is 24.5. The Balaban J connectivity index is 1.43. The van der Waals surface area contributed by atoms with E-state index in [9.17, 15) is 9.59 Å². The zero-order valence-electron chi connectivity index (χ0n) is 19.8. The van der Waals surface area contributed by atoms with E-state index in [4.69, 9.17) is 13.9 Å². The highest BCUT2D eigenvalue weighted by Gasteiger charge is 2.11. The first-order valence-electron chi connectivity index (χ1n) is 11.7. The van der Waals surface area contributed by atoms with Gasteiger partial charge in [-0.3, -0.25) is 4.79 Å². The number of rotatable bonds is 12. The van der Waals surface area contributed by atoms with Gasteiger partial charge in [-0.1, -0.05) is 63.8 Å². The Morgan fingerprint density at radius 3 is 2.39 bits per heavy atom. The number of fused-ring (bicyclic) bond motifs is 1. The van der Waals surface area contributed by atoms with Gasteiger partial charge in [0.25, 0.3) is 0 Å². The summed E-state index contributed by atoms with van der Waals surface area (Å²) in [5, 5.41) is 0.788. The van der Waals surface area contributed by atoms with Crippen LogP contribution in [0.4, 0.5) is 0 Å². The fourth-order valence-electron chi connectivity index (χ4n) is 3.57. The number of esters is 1. The molecule has 6 heteroatoms. The van der Waals surface area contributed by atoms with Crippen LogP contribution in [0.25, 0.3) is 22.1 Å². The normalized spacial score (nSPS) is 11.2. The highest BCUT2D eigenvalue weighted by Crippen LogP contribution is 2.25. The number of aryl methyl sites for hydroxylation is 1. The van der Waals surface area contributed by atoms with Crippen LogP contribution < -0.4 is 10.4 Å². The fraction of sp³-hybridized carbons (Fsp3) is 0.444. The first-order valence-corrected chi connectivity index (χ1v) is 11.7. The van der Waals surface area contributed by atoms with Crippen molar-refractivity contribution in [3.05, 3.63) is 58.6 Å². The van der Waals surface area contributed by atoms with Crippen LogP contribution in [-0.4, -0.2) is 24.2 Å². The molecule has 0 unspecified atom stereocenters. The smallest absolute Gasteiger partial charge is 0.344 e. The molecule has 2 aromatic heterocycles. The summed E-state index contributed by atoms with van der Waals surface area (Å²) in [6.45, 7) is 6.77. The lowest BCUT2D eigenvalue weighted by molar-refractivity contribution is -0.147. The monoisotopic (exact) mass is 451 g/mol. The van der Waals surface area contributed by atoms with Gasteiger partial charge in [0.15, 0.2) is 5.58 Å². The standard InChI is InChI=1S/C27H33NO5/c1-19(2)26(29)32-15-11-7-5-4-6-10-14-31-25-17-21-16-23(22-13-9-8-12-20(22)3)27(30)33-24(21)18-28-25/h8-9,12-13,16-19H,4-7,10-11,14-15H2,1-3H3. The average Bonchev–Trinajstić information content (AvgIpc) is 2.80. The van der Waals surface area contributed by atoms with Crippen molar-refractivity contribution >= 4 is 16.9 Å². The number of nitrogens with zero attached hydrogens (tertiary/aromatic N) is 1. The molecular weight excluding hydrogens is 418 g/mol. The molecule has 0 aliphatic rings. The second kappa shape index (κ2) is 12.2. The predicted octanol–water partition coefficient (Wildman–Crippen LogP) is 6.08. The molecule has 6 nitrogen and oxygen atoms in total. The number of benzene rings is 1. The van der Waals surface area contributed by atoms with Crippen LogP contribution in [0.2, 0.25) is 0 Å². The third-order valence-electron chi connectivity index (χ3n) is 5.53. The molecule has 2 heterocycles. The van der Waals surface area contributed by atoms with E-state index in [1.165, 1.54) is 0 Å². The lowest BCUT2D eigenvalue weighted by atomic mass is 10.0. The second-order valence-corrected chi connectivity index (χ2v) is 8.61. The SMILES string of the molecule is Cc1ccccc1-c1cc2cc(OCCCCCCCCOC(=O)C(C)C)ncc2oc1=O. The average molecular weight is 452 g/mol. The molecule has 3 rings (SSSR count). The molecule has 0 atom stereocenters. The number of unbranched alkanes of at least 4 members (excludes halogenated alkanes) is 5. The Morgan fingerprint density at radius 2 is 1.67 bits per heavy atom. The van der Waals surface area contributed by atoms with E-state index >= 15 is 0 Å². The van der Waals surface area contributed by atoms with Crippen LogP contribution >= 0.6 is 0 Å². The molecule has 0 radical (unpaired) electrons. The van der Waals surface area contributed by atoms with E-state index in [1.807, 2.05) is 57.2 Å². The lowest BCUT2D eigenvalue weighted by Crippen LogP contribution is -2.12. The first-order chi connectivity index (χ1) is 16.0. The minimum absolute atomic E-state index is 0.0595. The van der Waals surface area contributed by atoms with E-state index in [-0.39, 0.29) is 17.5 Å².